The Morgan fingerprint density at radius 1 is 1.00 bits per heavy atom. The van der Waals surface area contributed by atoms with E-state index in [2.05, 4.69) is 35.0 Å². The Labute approximate surface area is 205 Å². The molecule has 0 saturated carbocycles. The normalized spacial score (nSPS) is 11.2. The highest BCUT2D eigenvalue weighted by Crippen LogP contribution is 2.33. The van der Waals surface area contributed by atoms with Crippen molar-refractivity contribution in [3.63, 3.8) is 0 Å². The molecule has 0 saturated heterocycles. The van der Waals surface area contributed by atoms with E-state index in [1.54, 1.807) is 19.1 Å². The Morgan fingerprint density at radius 2 is 1.77 bits per heavy atom. The number of rotatable bonds is 11. The molecule has 0 aliphatic heterocycles. The minimum atomic E-state index is -0.314. The summed E-state index contributed by atoms with van der Waals surface area (Å²) in [4.78, 5) is 27.2. The summed E-state index contributed by atoms with van der Waals surface area (Å²) in [5.41, 5.74) is 11.0. The minimum absolute atomic E-state index is 0.314. The monoisotopic (exact) mass is 475 g/mol. The molecule has 2 heterocycles. The van der Waals surface area contributed by atoms with Gasteiger partial charge in [0.1, 0.15) is 11.0 Å². The smallest absolute Gasteiger partial charge is 0.338 e. The lowest BCUT2D eigenvalue weighted by molar-refractivity contribution is 0.0526. The van der Waals surface area contributed by atoms with Crippen molar-refractivity contribution in [2.24, 2.45) is 5.73 Å². The van der Waals surface area contributed by atoms with Crippen LogP contribution in [-0.4, -0.2) is 53.8 Å². The van der Waals surface area contributed by atoms with Crippen LogP contribution in [0.25, 0.3) is 33.1 Å². The van der Waals surface area contributed by atoms with Crippen molar-refractivity contribution >= 4 is 33.9 Å². The molecule has 0 aliphatic rings. The zero-order valence-corrected chi connectivity index (χ0v) is 20.6. The second-order valence-electron chi connectivity index (χ2n) is 8.30. The van der Waals surface area contributed by atoms with Crippen LogP contribution in [0, 0.1) is 0 Å². The summed E-state index contributed by atoms with van der Waals surface area (Å²) in [6.07, 6.45) is 2.12. The predicted octanol–water partition coefficient (Wildman–Crippen LogP) is 4.92. The van der Waals surface area contributed by atoms with Gasteiger partial charge in [0.15, 0.2) is 0 Å². The third-order valence-electron chi connectivity index (χ3n) is 5.87. The number of H-pyrrole nitrogens is 1. The molecular weight excluding hydrogens is 442 g/mol. The van der Waals surface area contributed by atoms with E-state index in [4.69, 9.17) is 25.2 Å². The van der Waals surface area contributed by atoms with Crippen molar-refractivity contribution in [2.45, 2.75) is 33.6 Å². The Bertz CT molecular complexity index is 1300. The second-order valence-corrected chi connectivity index (χ2v) is 8.30. The van der Waals surface area contributed by atoms with E-state index in [1.165, 1.54) is 0 Å². The van der Waals surface area contributed by atoms with Crippen LogP contribution in [0.4, 0.5) is 5.95 Å². The average molecular weight is 476 g/mol. The molecule has 0 aliphatic carbocycles. The summed E-state index contributed by atoms with van der Waals surface area (Å²) in [7, 11) is 0. The molecule has 35 heavy (non-hydrogen) atoms. The van der Waals surface area contributed by atoms with Crippen molar-refractivity contribution in [1.29, 1.82) is 0 Å². The molecule has 0 atom stereocenters. The third kappa shape index (κ3) is 5.22. The number of benzene rings is 2. The van der Waals surface area contributed by atoms with Crippen molar-refractivity contribution in [1.82, 2.24) is 15.0 Å². The fourth-order valence-corrected chi connectivity index (χ4v) is 4.12. The van der Waals surface area contributed by atoms with E-state index in [9.17, 15) is 4.79 Å². The standard InChI is InChI=1S/C27H33N5O3/c1-4-7-15-32(16-14-28)27-30-23-21-13-12-20(17-22(21)29-24(23)25(31-27)34-5-2)18-8-10-19(11-9-18)26(33)35-6-3/h8-13,17,29H,4-7,14-16,28H2,1-3H3. The van der Waals surface area contributed by atoms with Gasteiger partial charge in [-0.15, -0.1) is 0 Å². The van der Waals surface area contributed by atoms with Crippen LogP contribution in [0.2, 0.25) is 0 Å². The third-order valence-corrected chi connectivity index (χ3v) is 5.87. The SMILES string of the molecule is CCCCN(CCN)c1nc(OCC)c2[nH]c3cc(-c4ccc(C(=O)OCC)cc4)ccc3c2n1. The summed E-state index contributed by atoms with van der Waals surface area (Å²) in [6.45, 7) is 8.83. The Balaban J connectivity index is 1.75. The molecule has 2 aromatic heterocycles. The first-order valence-corrected chi connectivity index (χ1v) is 12.3. The fourth-order valence-electron chi connectivity index (χ4n) is 4.12. The van der Waals surface area contributed by atoms with Crippen LogP contribution in [0.5, 0.6) is 5.88 Å². The van der Waals surface area contributed by atoms with Crippen molar-refractivity contribution in [3.8, 4) is 17.0 Å². The zero-order valence-electron chi connectivity index (χ0n) is 20.6. The van der Waals surface area contributed by atoms with Gasteiger partial charge in [-0.2, -0.15) is 4.98 Å². The Kier molecular flexibility index (Phi) is 7.82. The highest BCUT2D eigenvalue weighted by atomic mass is 16.5. The van der Waals surface area contributed by atoms with Gasteiger partial charge in [-0.3, -0.25) is 0 Å². The van der Waals surface area contributed by atoms with Gasteiger partial charge < -0.3 is 25.1 Å². The van der Waals surface area contributed by atoms with Crippen LogP contribution in [0.15, 0.2) is 42.5 Å². The number of esters is 1. The molecule has 0 fully saturated rings. The second kappa shape index (κ2) is 11.2. The molecule has 0 spiro atoms. The largest absolute Gasteiger partial charge is 0.476 e. The lowest BCUT2D eigenvalue weighted by Gasteiger charge is -2.22. The first-order chi connectivity index (χ1) is 17.1. The number of ether oxygens (including phenoxy) is 2. The summed E-state index contributed by atoms with van der Waals surface area (Å²) in [5.74, 6) is 0.868. The highest BCUT2D eigenvalue weighted by molar-refractivity contribution is 6.07. The maximum Gasteiger partial charge on any atom is 0.338 e. The van der Waals surface area contributed by atoms with Crippen molar-refractivity contribution in [3.05, 3.63) is 48.0 Å². The fraction of sp³-hybridized carbons (Fsp3) is 0.370. The summed E-state index contributed by atoms with van der Waals surface area (Å²) in [6, 6.07) is 13.6. The van der Waals surface area contributed by atoms with E-state index in [1.807, 2.05) is 19.1 Å². The summed E-state index contributed by atoms with van der Waals surface area (Å²) < 4.78 is 11.0. The average Bonchev–Trinajstić information content (AvgIpc) is 3.25. The van der Waals surface area contributed by atoms with E-state index < -0.39 is 0 Å². The van der Waals surface area contributed by atoms with Crippen LogP contribution in [0.1, 0.15) is 44.0 Å². The van der Waals surface area contributed by atoms with Crippen LogP contribution in [-0.2, 0) is 4.74 Å². The number of unbranched alkanes of at least 4 members (excludes halogenated alkanes) is 1. The van der Waals surface area contributed by atoms with Gasteiger partial charge in [-0.1, -0.05) is 37.6 Å². The number of fused-ring (bicyclic) bond motifs is 3. The number of carbonyl (C=O) groups excluding carboxylic acids is 1. The molecule has 4 rings (SSSR count). The molecule has 8 nitrogen and oxygen atoms in total. The quantitative estimate of drug-likeness (QED) is 0.297. The van der Waals surface area contributed by atoms with Crippen LogP contribution in [0.3, 0.4) is 0 Å². The molecule has 0 radical (unpaired) electrons. The van der Waals surface area contributed by atoms with Crippen molar-refractivity contribution in [2.75, 3.05) is 37.7 Å². The molecular formula is C27H33N5O3. The molecule has 0 amide bonds. The topological polar surface area (TPSA) is 106 Å². The molecule has 3 N–H and O–H groups in total. The number of aromatic nitrogens is 3. The van der Waals surface area contributed by atoms with Gasteiger partial charge in [0, 0.05) is 30.5 Å². The van der Waals surface area contributed by atoms with Gasteiger partial charge in [0.25, 0.3) is 0 Å². The first-order valence-electron chi connectivity index (χ1n) is 12.3. The summed E-state index contributed by atoms with van der Waals surface area (Å²) in [5, 5.41) is 1.000. The van der Waals surface area contributed by atoms with Crippen LogP contribution < -0.4 is 15.4 Å². The summed E-state index contributed by atoms with van der Waals surface area (Å²) >= 11 is 0. The lowest BCUT2D eigenvalue weighted by atomic mass is 10.0. The van der Waals surface area contributed by atoms with E-state index in [0.29, 0.717) is 43.7 Å². The lowest BCUT2D eigenvalue weighted by Crippen LogP contribution is -2.32. The maximum atomic E-state index is 12.0. The zero-order chi connectivity index (χ0) is 24.8. The van der Waals surface area contributed by atoms with Gasteiger partial charge in [-0.05, 0) is 49.6 Å². The van der Waals surface area contributed by atoms with Gasteiger partial charge in [0.2, 0.25) is 11.8 Å². The molecule has 4 aromatic rings. The Morgan fingerprint density at radius 3 is 2.46 bits per heavy atom. The van der Waals surface area contributed by atoms with E-state index in [0.717, 1.165) is 52.4 Å². The van der Waals surface area contributed by atoms with E-state index >= 15 is 0 Å². The number of carbonyl (C=O) groups is 1. The van der Waals surface area contributed by atoms with Crippen molar-refractivity contribution < 1.29 is 14.3 Å². The van der Waals surface area contributed by atoms with E-state index in [-0.39, 0.29) is 5.97 Å². The minimum Gasteiger partial charge on any atom is -0.476 e. The number of hydrogen-bond acceptors (Lipinski definition) is 7. The molecule has 184 valence electrons. The molecule has 0 unspecified atom stereocenters. The number of nitrogens with one attached hydrogen (secondary N) is 1. The van der Waals surface area contributed by atoms with Crippen LogP contribution >= 0.6 is 0 Å². The predicted molar refractivity (Wildman–Crippen MR) is 140 cm³/mol. The number of aromatic amines is 1. The number of nitrogens with zero attached hydrogens (tertiary/aromatic N) is 3. The van der Waals surface area contributed by atoms with Gasteiger partial charge in [-0.25, -0.2) is 9.78 Å². The first kappa shape index (κ1) is 24.5. The highest BCUT2D eigenvalue weighted by Gasteiger charge is 2.18. The molecule has 2 aromatic carbocycles. The van der Waals surface area contributed by atoms with Gasteiger partial charge >= 0.3 is 5.97 Å². The number of nitrogens with two attached hydrogens (primary N) is 1. The number of anilines is 1. The molecule has 8 heteroatoms. The molecule has 0 bridgehead atoms. The van der Waals surface area contributed by atoms with Gasteiger partial charge in [0.05, 0.1) is 18.8 Å². The number of hydrogen-bond donors (Lipinski definition) is 2. The maximum absolute atomic E-state index is 12.0. The Hall–Kier alpha value is -3.65.